The molecule has 172 valence electrons. The third-order valence-electron chi connectivity index (χ3n) is 6.30. The van der Waals surface area contributed by atoms with Crippen molar-refractivity contribution in [3.63, 3.8) is 0 Å². The summed E-state index contributed by atoms with van der Waals surface area (Å²) in [5.74, 6) is -2.15. The maximum Gasteiger partial charge on any atom is 0.490 e. The Bertz CT molecular complexity index is 756. The number of urea groups is 1. The number of fused-ring (bicyclic) bond motifs is 1. The summed E-state index contributed by atoms with van der Waals surface area (Å²) in [5.41, 5.74) is 1.15. The minimum atomic E-state index is -5.08. The fourth-order valence-electron chi connectivity index (χ4n) is 4.75. The molecule has 0 bridgehead atoms. The predicted octanol–water partition coefficient (Wildman–Crippen LogP) is 3.55. The van der Waals surface area contributed by atoms with Crippen LogP contribution in [0.15, 0.2) is 24.4 Å². The SMILES string of the molecule is O=C(N1CCCC1)N1C[C@H]2CCC[C@@]2(COCc2ccccn2)C1.O=C(O)C(F)(F)F. The zero-order valence-electron chi connectivity index (χ0n) is 17.3. The lowest BCUT2D eigenvalue weighted by molar-refractivity contribution is -0.192. The molecule has 0 radical (unpaired) electrons. The Balaban J connectivity index is 0.000000339. The fourth-order valence-corrected chi connectivity index (χ4v) is 4.75. The van der Waals surface area contributed by atoms with Crippen molar-refractivity contribution in [2.45, 2.75) is 44.9 Å². The first kappa shape index (κ1) is 23.3. The van der Waals surface area contributed by atoms with Crippen LogP contribution < -0.4 is 0 Å². The number of carbonyl (C=O) groups is 2. The molecule has 1 N–H and O–H groups in total. The van der Waals surface area contributed by atoms with Gasteiger partial charge in [0.25, 0.3) is 0 Å². The van der Waals surface area contributed by atoms with Gasteiger partial charge >= 0.3 is 18.2 Å². The van der Waals surface area contributed by atoms with Crippen molar-refractivity contribution in [1.82, 2.24) is 14.8 Å². The molecule has 1 aromatic rings. The summed E-state index contributed by atoms with van der Waals surface area (Å²) in [6.45, 7) is 4.97. The number of carboxylic acid groups (broad SMARTS) is 1. The second kappa shape index (κ2) is 9.84. The molecule has 4 rings (SSSR count). The zero-order valence-corrected chi connectivity index (χ0v) is 17.3. The lowest BCUT2D eigenvalue weighted by Gasteiger charge is -2.29. The number of likely N-dealkylation sites (tertiary alicyclic amines) is 2. The summed E-state index contributed by atoms with van der Waals surface area (Å²) in [5, 5.41) is 7.12. The van der Waals surface area contributed by atoms with Gasteiger partial charge in [0.1, 0.15) is 0 Å². The molecule has 2 saturated heterocycles. The molecule has 1 aliphatic carbocycles. The molecule has 1 aromatic heterocycles. The van der Waals surface area contributed by atoms with E-state index in [0.717, 1.165) is 51.3 Å². The molecule has 7 nitrogen and oxygen atoms in total. The van der Waals surface area contributed by atoms with Gasteiger partial charge in [-0.25, -0.2) is 9.59 Å². The normalized spacial score (nSPS) is 25.2. The van der Waals surface area contributed by atoms with E-state index in [4.69, 9.17) is 14.6 Å². The maximum absolute atomic E-state index is 12.7. The fraction of sp³-hybridized carbons (Fsp3) is 0.667. The van der Waals surface area contributed by atoms with Gasteiger partial charge in [0.2, 0.25) is 0 Å². The summed E-state index contributed by atoms with van der Waals surface area (Å²) in [4.78, 5) is 30.1. The van der Waals surface area contributed by atoms with Gasteiger partial charge in [-0.1, -0.05) is 12.5 Å². The van der Waals surface area contributed by atoms with Crippen molar-refractivity contribution in [2.75, 3.05) is 32.8 Å². The number of alkyl halides is 3. The Kier molecular flexibility index (Phi) is 7.40. The van der Waals surface area contributed by atoms with E-state index in [1.165, 1.54) is 19.3 Å². The third-order valence-corrected chi connectivity index (χ3v) is 6.30. The van der Waals surface area contributed by atoms with Crippen molar-refractivity contribution in [1.29, 1.82) is 0 Å². The second-order valence-corrected chi connectivity index (χ2v) is 8.43. The zero-order chi connectivity index (χ0) is 22.5. The minimum Gasteiger partial charge on any atom is -0.475 e. The van der Waals surface area contributed by atoms with Gasteiger partial charge in [0.05, 0.1) is 18.9 Å². The summed E-state index contributed by atoms with van der Waals surface area (Å²) < 4.78 is 37.8. The van der Waals surface area contributed by atoms with Crippen LogP contribution in [-0.4, -0.2) is 70.9 Å². The molecule has 2 aliphatic heterocycles. The number of aliphatic carboxylic acids is 1. The van der Waals surface area contributed by atoms with E-state index in [0.29, 0.717) is 12.5 Å². The molecule has 0 unspecified atom stereocenters. The van der Waals surface area contributed by atoms with E-state index < -0.39 is 12.1 Å². The van der Waals surface area contributed by atoms with E-state index in [2.05, 4.69) is 9.88 Å². The van der Waals surface area contributed by atoms with Crippen LogP contribution in [-0.2, 0) is 16.1 Å². The molecule has 0 aromatic carbocycles. The van der Waals surface area contributed by atoms with E-state index >= 15 is 0 Å². The number of hydrogen-bond donors (Lipinski definition) is 1. The topological polar surface area (TPSA) is 83.0 Å². The standard InChI is InChI=1S/C19H27N3O2.C2HF3O2/c23-18(21-10-3-4-11-21)22-12-16-6-5-8-19(16,14-22)15-24-13-17-7-1-2-9-20-17;3-2(4,5)1(6)7/h1-2,7,9,16H,3-6,8,10-15H2;(H,6,7)/t16-,19+;/m1./s1. The average molecular weight is 443 g/mol. The van der Waals surface area contributed by atoms with Gasteiger partial charge in [0.15, 0.2) is 0 Å². The maximum atomic E-state index is 12.7. The molecule has 2 amide bonds. The van der Waals surface area contributed by atoms with Crippen LogP contribution in [0.4, 0.5) is 18.0 Å². The highest BCUT2D eigenvalue weighted by Gasteiger charge is 2.51. The van der Waals surface area contributed by atoms with Crippen molar-refractivity contribution >= 4 is 12.0 Å². The number of halogens is 3. The highest BCUT2D eigenvalue weighted by atomic mass is 19.4. The van der Waals surface area contributed by atoms with Crippen LogP contribution in [0.2, 0.25) is 0 Å². The number of amides is 2. The molecular weight excluding hydrogens is 415 g/mol. The van der Waals surface area contributed by atoms with E-state index in [-0.39, 0.29) is 11.4 Å². The summed E-state index contributed by atoms with van der Waals surface area (Å²) in [6.07, 6.45) is 2.72. The van der Waals surface area contributed by atoms with E-state index in [1.807, 2.05) is 23.1 Å². The number of ether oxygens (including phenoxy) is 1. The lowest BCUT2D eigenvalue weighted by Crippen LogP contribution is -2.42. The lowest BCUT2D eigenvalue weighted by atomic mass is 9.81. The highest BCUT2D eigenvalue weighted by molar-refractivity contribution is 5.75. The number of nitrogens with zero attached hydrogens (tertiary/aromatic N) is 3. The number of rotatable bonds is 4. The smallest absolute Gasteiger partial charge is 0.475 e. The van der Waals surface area contributed by atoms with E-state index in [1.54, 1.807) is 6.20 Å². The first-order valence-electron chi connectivity index (χ1n) is 10.5. The van der Waals surface area contributed by atoms with Crippen LogP contribution in [0, 0.1) is 11.3 Å². The summed E-state index contributed by atoms with van der Waals surface area (Å²) in [7, 11) is 0. The Morgan fingerprint density at radius 1 is 1.19 bits per heavy atom. The van der Waals surface area contributed by atoms with Crippen LogP contribution in [0.3, 0.4) is 0 Å². The number of carboxylic acids is 1. The molecule has 3 fully saturated rings. The van der Waals surface area contributed by atoms with Gasteiger partial charge in [-0.2, -0.15) is 13.2 Å². The minimum absolute atomic E-state index is 0.171. The number of aromatic nitrogens is 1. The predicted molar refractivity (Wildman–Crippen MR) is 105 cm³/mol. The molecule has 0 spiro atoms. The van der Waals surface area contributed by atoms with Crippen molar-refractivity contribution in [2.24, 2.45) is 11.3 Å². The van der Waals surface area contributed by atoms with E-state index in [9.17, 15) is 18.0 Å². The molecule has 2 atom stereocenters. The molecule has 3 aliphatic rings. The van der Waals surface area contributed by atoms with Crippen LogP contribution in [0.1, 0.15) is 37.8 Å². The number of hydrogen-bond acceptors (Lipinski definition) is 4. The van der Waals surface area contributed by atoms with Gasteiger partial charge in [-0.3, -0.25) is 4.98 Å². The van der Waals surface area contributed by atoms with Gasteiger partial charge in [-0.15, -0.1) is 0 Å². The molecule has 10 heteroatoms. The average Bonchev–Trinajstić information content (AvgIpc) is 3.44. The first-order chi connectivity index (χ1) is 14.7. The third kappa shape index (κ3) is 5.87. The van der Waals surface area contributed by atoms with Crippen molar-refractivity contribution in [3.8, 4) is 0 Å². The van der Waals surface area contributed by atoms with Gasteiger partial charge < -0.3 is 19.6 Å². The highest BCUT2D eigenvalue weighted by Crippen LogP contribution is 2.49. The Morgan fingerprint density at radius 3 is 2.52 bits per heavy atom. The van der Waals surface area contributed by atoms with Crippen LogP contribution in [0.25, 0.3) is 0 Å². The van der Waals surface area contributed by atoms with Crippen LogP contribution in [0.5, 0.6) is 0 Å². The van der Waals surface area contributed by atoms with Crippen molar-refractivity contribution in [3.05, 3.63) is 30.1 Å². The Labute approximate surface area is 179 Å². The molecular formula is C21H28F3N3O4. The quantitative estimate of drug-likeness (QED) is 0.770. The Morgan fingerprint density at radius 2 is 1.90 bits per heavy atom. The summed E-state index contributed by atoms with van der Waals surface area (Å²) in [6, 6.07) is 6.18. The number of carbonyl (C=O) groups excluding carboxylic acids is 1. The van der Waals surface area contributed by atoms with Gasteiger partial charge in [0, 0.05) is 37.8 Å². The molecule has 31 heavy (non-hydrogen) atoms. The van der Waals surface area contributed by atoms with Gasteiger partial charge in [-0.05, 0) is 43.7 Å². The van der Waals surface area contributed by atoms with Crippen LogP contribution >= 0.6 is 0 Å². The number of pyridine rings is 1. The first-order valence-corrected chi connectivity index (χ1v) is 10.5. The monoisotopic (exact) mass is 443 g/mol. The second-order valence-electron chi connectivity index (χ2n) is 8.43. The molecule has 1 saturated carbocycles. The molecule has 3 heterocycles. The summed E-state index contributed by atoms with van der Waals surface area (Å²) >= 11 is 0. The van der Waals surface area contributed by atoms with Crippen molar-refractivity contribution < 1.29 is 32.6 Å². The Hall–Kier alpha value is -2.36. The largest absolute Gasteiger partial charge is 0.490 e.